The molecule has 0 aromatic heterocycles. The van der Waals surface area contributed by atoms with Gasteiger partial charge >= 0.3 is 0 Å². The molecular weight excluding hydrogens is 365 g/mol. The van der Waals surface area contributed by atoms with Crippen molar-refractivity contribution in [1.29, 1.82) is 0 Å². The molecule has 25 heavy (non-hydrogen) atoms. The minimum absolute atomic E-state index is 0.202. The van der Waals surface area contributed by atoms with Gasteiger partial charge in [-0.15, -0.1) is 0 Å². The van der Waals surface area contributed by atoms with Crippen molar-refractivity contribution in [1.82, 2.24) is 5.32 Å². The molecule has 132 valence electrons. The van der Waals surface area contributed by atoms with Crippen LogP contribution in [0.2, 0.25) is 10.0 Å². The molecule has 0 saturated carbocycles. The van der Waals surface area contributed by atoms with Gasteiger partial charge in [0.05, 0.1) is 13.2 Å². The third-order valence-corrected chi connectivity index (χ3v) is 4.05. The molecule has 0 fully saturated rings. The topological polar surface area (TPSA) is 64.6 Å². The highest BCUT2D eigenvalue weighted by atomic mass is 35.5. The molecule has 0 saturated heterocycles. The Bertz CT molecular complexity index is 780. The van der Waals surface area contributed by atoms with Crippen LogP contribution < -0.4 is 14.8 Å². The molecule has 2 rings (SSSR count). The Morgan fingerprint density at radius 2 is 1.96 bits per heavy atom. The predicted octanol–water partition coefficient (Wildman–Crippen LogP) is 4.07. The average molecular weight is 382 g/mol. The van der Waals surface area contributed by atoms with Crippen molar-refractivity contribution in [3.63, 3.8) is 0 Å². The minimum atomic E-state index is -0.319. The van der Waals surface area contributed by atoms with Gasteiger partial charge in [-0.1, -0.05) is 29.3 Å². The number of carbonyl (C=O) groups excluding carboxylic acids is 2. The number of rotatable bonds is 7. The van der Waals surface area contributed by atoms with E-state index in [1.165, 1.54) is 13.2 Å². The van der Waals surface area contributed by atoms with Gasteiger partial charge in [-0.2, -0.15) is 0 Å². The van der Waals surface area contributed by atoms with Crippen LogP contribution in [0.15, 0.2) is 36.4 Å². The maximum Gasteiger partial charge on any atom is 0.258 e. The molecule has 1 unspecified atom stereocenters. The molecule has 0 heterocycles. The summed E-state index contributed by atoms with van der Waals surface area (Å²) in [4.78, 5) is 22.9. The zero-order valence-corrected chi connectivity index (χ0v) is 15.2. The van der Waals surface area contributed by atoms with Crippen LogP contribution in [0, 0.1) is 0 Å². The molecule has 0 spiro atoms. The molecule has 5 nitrogen and oxygen atoms in total. The molecule has 0 aliphatic heterocycles. The summed E-state index contributed by atoms with van der Waals surface area (Å²) >= 11 is 12.0. The lowest BCUT2D eigenvalue weighted by Crippen LogP contribution is -2.31. The van der Waals surface area contributed by atoms with E-state index in [4.69, 9.17) is 32.7 Å². The molecule has 1 amide bonds. The second-order valence-electron chi connectivity index (χ2n) is 5.27. The van der Waals surface area contributed by atoms with Crippen molar-refractivity contribution >= 4 is 35.4 Å². The Balaban J connectivity index is 1.97. The zero-order chi connectivity index (χ0) is 18.4. The fourth-order valence-electron chi connectivity index (χ4n) is 2.23. The van der Waals surface area contributed by atoms with Crippen LogP contribution in [0.4, 0.5) is 0 Å². The Morgan fingerprint density at radius 1 is 1.20 bits per heavy atom. The lowest BCUT2D eigenvalue weighted by atomic mass is 10.1. The van der Waals surface area contributed by atoms with E-state index < -0.39 is 0 Å². The number of benzene rings is 2. The quantitative estimate of drug-likeness (QED) is 0.734. The lowest BCUT2D eigenvalue weighted by Gasteiger charge is -2.17. The first kappa shape index (κ1) is 19.1. The van der Waals surface area contributed by atoms with E-state index in [-0.39, 0.29) is 18.6 Å². The smallest absolute Gasteiger partial charge is 0.258 e. The fraction of sp³-hybridized carbons (Fsp3) is 0.222. The Labute approximate surface area is 155 Å². The summed E-state index contributed by atoms with van der Waals surface area (Å²) in [6, 6.07) is 9.49. The minimum Gasteiger partial charge on any atom is -0.493 e. The summed E-state index contributed by atoms with van der Waals surface area (Å²) in [5.41, 5.74) is 1.21. The number of hydrogen-bond donors (Lipinski definition) is 1. The van der Waals surface area contributed by atoms with Crippen LogP contribution in [0.3, 0.4) is 0 Å². The number of aldehydes is 1. The van der Waals surface area contributed by atoms with Crippen molar-refractivity contribution in [2.45, 2.75) is 13.0 Å². The van der Waals surface area contributed by atoms with E-state index in [0.717, 1.165) is 5.56 Å². The molecule has 2 aromatic rings. The molecule has 2 aromatic carbocycles. The van der Waals surface area contributed by atoms with Crippen LogP contribution in [0.1, 0.15) is 28.9 Å². The maximum absolute atomic E-state index is 12.1. The second kappa shape index (κ2) is 8.74. The summed E-state index contributed by atoms with van der Waals surface area (Å²) in [7, 11) is 1.46. The van der Waals surface area contributed by atoms with Gasteiger partial charge in [0.25, 0.3) is 5.91 Å². The third-order valence-electron chi connectivity index (χ3n) is 3.49. The first-order valence-corrected chi connectivity index (χ1v) is 8.20. The number of hydrogen-bond acceptors (Lipinski definition) is 4. The highest BCUT2D eigenvalue weighted by molar-refractivity contribution is 6.35. The van der Waals surface area contributed by atoms with E-state index in [2.05, 4.69) is 5.32 Å². The molecule has 0 aliphatic carbocycles. The van der Waals surface area contributed by atoms with E-state index in [0.29, 0.717) is 33.4 Å². The summed E-state index contributed by atoms with van der Waals surface area (Å²) in [6.45, 7) is 1.61. The van der Waals surface area contributed by atoms with Crippen molar-refractivity contribution in [2.24, 2.45) is 0 Å². The largest absolute Gasteiger partial charge is 0.493 e. The van der Waals surface area contributed by atoms with E-state index in [1.807, 2.05) is 6.92 Å². The van der Waals surface area contributed by atoms with Crippen LogP contribution in [-0.4, -0.2) is 25.9 Å². The Hall–Kier alpha value is -2.24. The van der Waals surface area contributed by atoms with Crippen LogP contribution >= 0.6 is 23.2 Å². The van der Waals surface area contributed by atoms with E-state index in [1.54, 1.807) is 30.3 Å². The number of carbonyl (C=O) groups is 2. The average Bonchev–Trinajstić information content (AvgIpc) is 2.59. The summed E-state index contributed by atoms with van der Waals surface area (Å²) < 4.78 is 10.6. The van der Waals surface area contributed by atoms with Gasteiger partial charge < -0.3 is 14.8 Å². The van der Waals surface area contributed by atoms with Gasteiger partial charge in [-0.3, -0.25) is 9.59 Å². The summed E-state index contributed by atoms with van der Waals surface area (Å²) in [5, 5.41) is 3.81. The van der Waals surface area contributed by atoms with Gasteiger partial charge in [-0.25, -0.2) is 0 Å². The van der Waals surface area contributed by atoms with Crippen molar-refractivity contribution in [3.05, 3.63) is 57.6 Å². The van der Waals surface area contributed by atoms with Gasteiger partial charge in [0.15, 0.2) is 18.1 Å². The highest BCUT2D eigenvalue weighted by Gasteiger charge is 2.14. The van der Waals surface area contributed by atoms with Crippen molar-refractivity contribution in [3.8, 4) is 11.5 Å². The normalized spacial score (nSPS) is 11.5. The van der Waals surface area contributed by atoms with Crippen LogP contribution in [-0.2, 0) is 4.79 Å². The predicted molar refractivity (Wildman–Crippen MR) is 96.9 cm³/mol. The highest BCUT2D eigenvalue weighted by Crippen LogP contribution is 2.28. The van der Waals surface area contributed by atoms with Gasteiger partial charge in [-0.05, 0) is 42.8 Å². The van der Waals surface area contributed by atoms with Gasteiger partial charge in [0, 0.05) is 15.6 Å². The molecule has 0 aliphatic rings. The van der Waals surface area contributed by atoms with Gasteiger partial charge in [0.2, 0.25) is 0 Å². The van der Waals surface area contributed by atoms with Crippen molar-refractivity contribution in [2.75, 3.05) is 13.7 Å². The first-order chi connectivity index (χ1) is 11.9. The molecule has 7 heteroatoms. The SMILES string of the molecule is COc1cc(C=O)ccc1OCC(=O)NC(C)c1ccc(Cl)cc1Cl. The number of amides is 1. The van der Waals surface area contributed by atoms with E-state index >= 15 is 0 Å². The molecule has 0 radical (unpaired) electrons. The van der Waals surface area contributed by atoms with E-state index in [9.17, 15) is 9.59 Å². The van der Waals surface area contributed by atoms with Gasteiger partial charge in [0.1, 0.15) is 6.29 Å². The van der Waals surface area contributed by atoms with Crippen LogP contribution in [0.5, 0.6) is 11.5 Å². The van der Waals surface area contributed by atoms with Crippen LogP contribution in [0.25, 0.3) is 0 Å². The number of nitrogens with one attached hydrogen (secondary N) is 1. The number of halogens is 2. The zero-order valence-electron chi connectivity index (χ0n) is 13.7. The fourth-order valence-corrected chi connectivity index (χ4v) is 2.81. The Morgan fingerprint density at radius 3 is 2.60 bits per heavy atom. The molecular formula is C18H17Cl2NO4. The molecule has 1 N–H and O–H groups in total. The number of methoxy groups -OCH3 is 1. The Kier molecular flexibility index (Phi) is 6.67. The third kappa shape index (κ3) is 5.11. The summed E-state index contributed by atoms with van der Waals surface area (Å²) in [5.74, 6) is 0.437. The molecule has 0 bridgehead atoms. The standard InChI is InChI=1S/C18H17Cl2NO4/c1-11(14-5-4-13(19)8-15(14)20)21-18(23)10-25-16-6-3-12(9-22)7-17(16)24-2/h3-9,11H,10H2,1-2H3,(H,21,23). The second-order valence-corrected chi connectivity index (χ2v) is 6.12. The summed E-state index contributed by atoms with van der Waals surface area (Å²) in [6.07, 6.45) is 0.705. The monoisotopic (exact) mass is 381 g/mol. The maximum atomic E-state index is 12.1. The van der Waals surface area contributed by atoms with Crippen molar-refractivity contribution < 1.29 is 19.1 Å². The molecule has 1 atom stereocenters. The lowest BCUT2D eigenvalue weighted by molar-refractivity contribution is -0.123. The first-order valence-electron chi connectivity index (χ1n) is 7.45. The number of ether oxygens (including phenoxy) is 2.